The van der Waals surface area contributed by atoms with Crippen LogP contribution in [0.1, 0.15) is 36.8 Å². The molecule has 5 nitrogen and oxygen atoms in total. The molecule has 3 atom stereocenters. The maximum atomic E-state index is 13.5. The Morgan fingerprint density at radius 3 is 2.78 bits per heavy atom. The third kappa shape index (κ3) is 4.60. The fourth-order valence-corrected chi connectivity index (χ4v) is 5.25. The van der Waals surface area contributed by atoms with Crippen LogP contribution in [0.5, 0.6) is 0 Å². The van der Waals surface area contributed by atoms with E-state index >= 15 is 0 Å². The highest BCUT2D eigenvalue weighted by molar-refractivity contribution is 6.31. The van der Waals surface area contributed by atoms with Gasteiger partial charge in [-0.05, 0) is 87.0 Å². The molecule has 0 radical (unpaired) electrons. The number of halogens is 2. The maximum absolute atomic E-state index is 13.5. The predicted octanol–water partition coefficient (Wildman–Crippen LogP) is 5.26. The van der Waals surface area contributed by atoms with Crippen LogP contribution in [0.2, 0.25) is 5.02 Å². The number of fused-ring (bicyclic) bond motifs is 1. The molecule has 0 bridgehead atoms. The summed E-state index contributed by atoms with van der Waals surface area (Å²) in [7, 11) is 3.98. The summed E-state index contributed by atoms with van der Waals surface area (Å²) < 4.78 is 13.5. The third-order valence-electron chi connectivity index (χ3n) is 6.94. The van der Waals surface area contributed by atoms with Gasteiger partial charge in [0.25, 0.3) is 0 Å². The normalized spacial score (nSPS) is 23.9. The molecule has 1 unspecified atom stereocenters. The Labute approximate surface area is 193 Å². The van der Waals surface area contributed by atoms with E-state index in [1.165, 1.54) is 23.8 Å². The Hall–Kier alpha value is -2.62. The van der Waals surface area contributed by atoms with Gasteiger partial charge in [-0.2, -0.15) is 5.26 Å². The van der Waals surface area contributed by atoms with Crippen LogP contribution in [0, 0.1) is 23.1 Å². The molecular formula is C25H28ClFN4O. The lowest BCUT2D eigenvalue weighted by Gasteiger charge is -2.37. The number of urea groups is 1. The molecule has 4 rings (SSSR count). The Balaban J connectivity index is 1.47. The van der Waals surface area contributed by atoms with Crippen LogP contribution in [0.25, 0.3) is 0 Å². The molecule has 0 aromatic heterocycles. The van der Waals surface area contributed by atoms with Crippen LogP contribution in [0.15, 0.2) is 42.5 Å². The van der Waals surface area contributed by atoms with Gasteiger partial charge in [0, 0.05) is 24.8 Å². The number of benzene rings is 2. The smallest absolute Gasteiger partial charge is 0.320 e. The van der Waals surface area contributed by atoms with Crippen molar-refractivity contribution in [1.29, 1.82) is 5.26 Å². The number of carbonyl (C=O) groups is 1. The van der Waals surface area contributed by atoms with Gasteiger partial charge in [-0.3, -0.25) is 0 Å². The highest BCUT2D eigenvalue weighted by Gasteiger charge is 2.58. The molecule has 168 valence electrons. The number of amides is 2. The van der Waals surface area contributed by atoms with Crippen molar-refractivity contribution >= 4 is 23.3 Å². The molecule has 2 fully saturated rings. The lowest BCUT2D eigenvalue weighted by atomic mass is 9.80. The zero-order valence-corrected chi connectivity index (χ0v) is 19.2. The average molecular weight is 455 g/mol. The zero-order chi connectivity index (χ0) is 22.9. The third-order valence-corrected chi connectivity index (χ3v) is 7.23. The van der Waals surface area contributed by atoms with E-state index in [0.29, 0.717) is 23.7 Å². The lowest BCUT2D eigenvalue weighted by molar-refractivity contribution is 0.153. The van der Waals surface area contributed by atoms with Crippen LogP contribution in [0.3, 0.4) is 0 Å². The summed E-state index contributed by atoms with van der Waals surface area (Å²) >= 11 is 5.88. The van der Waals surface area contributed by atoms with Gasteiger partial charge in [-0.15, -0.1) is 0 Å². The molecule has 7 heteroatoms. The van der Waals surface area contributed by atoms with E-state index in [9.17, 15) is 14.4 Å². The quantitative estimate of drug-likeness (QED) is 0.647. The minimum Gasteiger partial charge on any atom is -0.320 e. The number of rotatable bonds is 6. The summed E-state index contributed by atoms with van der Waals surface area (Å²) in [4.78, 5) is 17.2. The van der Waals surface area contributed by atoms with E-state index in [1.807, 2.05) is 37.2 Å². The number of nitrogens with zero attached hydrogens (tertiary/aromatic N) is 3. The van der Waals surface area contributed by atoms with Crippen molar-refractivity contribution in [2.75, 3.05) is 32.5 Å². The van der Waals surface area contributed by atoms with E-state index in [-0.39, 0.29) is 22.5 Å². The average Bonchev–Trinajstić information content (AvgIpc) is 3.51. The van der Waals surface area contributed by atoms with Crippen LogP contribution < -0.4 is 5.32 Å². The molecule has 2 aliphatic carbocycles. The zero-order valence-electron chi connectivity index (χ0n) is 18.4. The van der Waals surface area contributed by atoms with E-state index in [2.05, 4.69) is 22.4 Å². The molecule has 2 aliphatic rings. The molecule has 2 aromatic rings. The lowest BCUT2D eigenvalue weighted by Crippen LogP contribution is -2.47. The first kappa shape index (κ1) is 22.6. The first-order valence-corrected chi connectivity index (χ1v) is 11.4. The minimum absolute atomic E-state index is 0.0114. The van der Waals surface area contributed by atoms with Crippen LogP contribution >= 0.6 is 11.6 Å². The number of likely N-dealkylation sites (N-methyl/N-ethyl adjacent to an activating group) is 1. The van der Waals surface area contributed by atoms with Crippen molar-refractivity contribution in [2.45, 2.75) is 37.1 Å². The largest absolute Gasteiger partial charge is 0.322 e. The van der Waals surface area contributed by atoms with Crippen molar-refractivity contribution < 1.29 is 9.18 Å². The molecule has 0 heterocycles. The number of carbonyl (C=O) groups excluding carboxylic acids is 1. The second kappa shape index (κ2) is 9.09. The van der Waals surface area contributed by atoms with Gasteiger partial charge in [-0.1, -0.05) is 23.7 Å². The van der Waals surface area contributed by atoms with Gasteiger partial charge >= 0.3 is 6.03 Å². The SMILES string of the molecule is CN(C)CCN(C(=O)Nc1ccc(F)c(Cl)c1)[C@@H]1CC[C@]2(c3cccc(C#N)c3)CC2C1. The summed E-state index contributed by atoms with van der Waals surface area (Å²) in [6, 6.07) is 14.4. The summed E-state index contributed by atoms with van der Waals surface area (Å²) in [6.07, 6.45) is 3.97. The number of nitriles is 1. The van der Waals surface area contributed by atoms with Crippen LogP contribution in [-0.4, -0.2) is 49.1 Å². The van der Waals surface area contributed by atoms with Crippen molar-refractivity contribution in [3.8, 4) is 6.07 Å². The first-order chi connectivity index (χ1) is 15.3. The molecule has 0 saturated heterocycles. The highest BCUT2D eigenvalue weighted by atomic mass is 35.5. The molecule has 1 N–H and O–H groups in total. The summed E-state index contributed by atoms with van der Waals surface area (Å²) in [6.45, 7) is 1.37. The summed E-state index contributed by atoms with van der Waals surface area (Å²) in [5, 5.41) is 12.1. The number of hydrogen-bond acceptors (Lipinski definition) is 3. The van der Waals surface area contributed by atoms with Crippen molar-refractivity contribution in [1.82, 2.24) is 9.80 Å². The van der Waals surface area contributed by atoms with Gasteiger partial charge in [0.1, 0.15) is 5.82 Å². The van der Waals surface area contributed by atoms with Gasteiger partial charge in [0.05, 0.1) is 16.7 Å². The molecule has 2 amide bonds. The Morgan fingerprint density at radius 1 is 1.28 bits per heavy atom. The van der Waals surface area contributed by atoms with Gasteiger partial charge < -0.3 is 15.1 Å². The van der Waals surface area contributed by atoms with E-state index in [0.717, 1.165) is 32.2 Å². The number of nitrogens with one attached hydrogen (secondary N) is 1. The molecular weight excluding hydrogens is 427 g/mol. The van der Waals surface area contributed by atoms with Crippen LogP contribution in [-0.2, 0) is 5.41 Å². The summed E-state index contributed by atoms with van der Waals surface area (Å²) in [5.41, 5.74) is 2.60. The fourth-order valence-electron chi connectivity index (χ4n) is 5.07. The van der Waals surface area contributed by atoms with Crippen molar-refractivity contribution in [3.63, 3.8) is 0 Å². The van der Waals surface area contributed by atoms with Gasteiger partial charge in [-0.25, -0.2) is 9.18 Å². The van der Waals surface area contributed by atoms with Gasteiger partial charge in [0.2, 0.25) is 0 Å². The standard InChI is InChI=1S/C25H28ClFN4O/c1-30(2)10-11-31(24(32)29-20-6-7-23(27)22(26)14-20)21-8-9-25(15-19(25)13-21)18-5-3-4-17(12-18)16-28/h3-7,12,14,19,21H,8-11,13,15H2,1-2H3,(H,29,32)/t19?,21-,25-/m1/s1. The molecule has 0 aliphatic heterocycles. The monoisotopic (exact) mass is 454 g/mol. The van der Waals surface area contributed by atoms with E-state index in [1.54, 1.807) is 0 Å². The number of hydrogen-bond donors (Lipinski definition) is 1. The first-order valence-electron chi connectivity index (χ1n) is 11.0. The maximum Gasteiger partial charge on any atom is 0.322 e. The Bertz CT molecular complexity index is 1050. The minimum atomic E-state index is -0.507. The van der Waals surface area contributed by atoms with Gasteiger partial charge in [0.15, 0.2) is 0 Å². The van der Waals surface area contributed by atoms with E-state index < -0.39 is 5.82 Å². The topological polar surface area (TPSA) is 59.4 Å². The van der Waals surface area contributed by atoms with Crippen LogP contribution in [0.4, 0.5) is 14.9 Å². The highest BCUT2D eigenvalue weighted by Crippen LogP contribution is 2.62. The second-order valence-corrected chi connectivity index (χ2v) is 9.64. The predicted molar refractivity (Wildman–Crippen MR) is 124 cm³/mol. The van der Waals surface area contributed by atoms with E-state index in [4.69, 9.17) is 11.6 Å². The molecule has 2 saturated carbocycles. The molecule has 2 aromatic carbocycles. The Morgan fingerprint density at radius 2 is 2.09 bits per heavy atom. The second-order valence-electron chi connectivity index (χ2n) is 9.23. The molecule has 0 spiro atoms. The Kier molecular flexibility index (Phi) is 6.41. The number of anilines is 1. The van der Waals surface area contributed by atoms with Crippen molar-refractivity contribution in [3.05, 3.63) is 64.4 Å². The fraction of sp³-hybridized carbons (Fsp3) is 0.440. The molecule has 32 heavy (non-hydrogen) atoms. The van der Waals surface area contributed by atoms with Crippen molar-refractivity contribution in [2.24, 2.45) is 5.92 Å². The summed E-state index contributed by atoms with van der Waals surface area (Å²) in [5.74, 6) is 0.0112.